The van der Waals surface area contributed by atoms with E-state index < -0.39 is 0 Å². The maximum Gasteiger partial charge on any atom is 0.164 e. The van der Waals surface area contributed by atoms with Gasteiger partial charge in [-0.25, -0.2) is 0 Å². The number of ketones is 1. The number of rotatable bonds is 6. The molecule has 0 saturated carbocycles. The maximum atomic E-state index is 12.2. The van der Waals surface area contributed by atoms with E-state index >= 15 is 0 Å². The Morgan fingerprint density at radius 2 is 1.70 bits per heavy atom. The first-order chi connectivity index (χ1) is 9.70. The number of hydrogen-bond donors (Lipinski definition) is 0. The van der Waals surface area contributed by atoms with Gasteiger partial charge in [0.15, 0.2) is 5.78 Å². The standard InChI is InChI=1S/C17H18BrNO/c1-2-19(16-6-4-3-5-7-16)13-12-17(20)14-8-10-15(18)11-9-14/h3-11H,2,12-13H2,1H3. The van der Waals surface area contributed by atoms with E-state index in [-0.39, 0.29) is 5.78 Å². The normalized spacial score (nSPS) is 10.3. The third-order valence-electron chi connectivity index (χ3n) is 3.28. The van der Waals surface area contributed by atoms with Crippen LogP contribution in [0.2, 0.25) is 0 Å². The van der Waals surface area contributed by atoms with E-state index in [4.69, 9.17) is 0 Å². The zero-order chi connectivity index (χ0) is 14.4. The monoisotopic (exact) mass is 331 g/mol. The van der Waals surface area contributed by atoms with Crippen molar-refractivity contribution in [2.75, 3.05) is 18.0 Å². The number of nitrogens with zero attached hydrogens (tertiary/aromatic N) is 1. The number of Topliss-reactive ketones (excluding diaryl/α,β-unsaturated/α-hetero) is 1. The minimum atomic E-state index is 0.187. The van der Waals surface area contributed by atoms with Crippen LogP contribution < -0.4 is 4.90 Å². The van der Waals surface area contributed by atoms with Gasteiger partial charge < -0.3 is 4.90 Å². The van der Waals surface area contributed by atoms with Crippen molar-refractivity contribution >= 4 is 27.4 Å². The van der Waals surface area contributed by atoms with Gasteiger partial charge in [0.05, 0.1) is 0 Å². The number of hydrogen-bond acceptors (Lipinski definition) is 2. The molecule has 20 heavy (non-hydrogen) atoms. The third kappa shape index (κ3) is 3.94. The van der Waals surface area contributed by atoms with E-state index in [0.29, 0.717) is 6.42 Å². The summed E-state index contributed by atoms with van der Waals surface area (Å²) in [4.78, 5) is 14.4. The SMILES string of the molecule is CCN(CCC(=O)c1ccc(Br)cc1)c1ccccc1. The van der Waals surface area contributed by atoms with Crippen molar-refractivity contribution < 1.29 is 4.79 Å². The second-order valence-electron chi connectivity index (χ2n) is 4.60. The van der Waals surface area contributed by atoms with Gasteiger partial charge in [0.25, 0.3) is 0 Å². The summed E-state index contributed by atoms with van der Waals surface area (Å²) in [5, 5.41) is 0. The fourth-order valence-corrected chi connectivity index (χ4v) is 2.39. The molecule has 0 bridgehead atoms. The smallest absolute Gasteiger partial charge is 0.164 e. The topological polar surface area (TPSA) is 20.3 Å². The molecular weight excluding hydrogens is 314 g/mol. The molecule has 0 heterocycles. The molecule has 0 aliphatic heterocycles. The van der Waals surface area contributed by atoms with Crippen LogP contribution in [0.25, 0.3) is 0 Å². The highest BCUT2D eigenvalue weighted by atomic mass is 79.9. The second kappa shape index (κ2) is 7.25. The molecule has 2 aromatic carbocycles. The van der Waals surface area contributed by atoms with Gasteiger partial charge in [0, 0.05) is 35.2 Å². The van der Waals surface area contributed by atoms with Crippen LogP contribution in [0, 0.1) is 0 Å². The van der Waals surface area contributed by atoms with Crippen LogP contribution >= 0.6 is 15.9 Å². The fourth-order valence-electron chi connectivity index (χ4n) is 2.13. The highest BCUT2D eigenvalue weighted by Gasteiger charge is 2.09. The van der Waals surface area contributed by atoms with Gasteiger partial charge in [-0.15, -0.1) is 0 Å². The molecular formula is C17H18BrNO. The van der Waals surface area contributed by atoms with Gasteiger partial charge in [-0.2, -0.15) is 0 Å². The summed E-state index contributed by atoms with van der Waals surface area (Å²) in [5.74, 6) is 0.187. The lowest BCUT2D eigenvalue weighted by molar-refractivity contribution is 0.0984. The average molecular weight is 332 g/mol. The van der Waals surface area contributed by atoms with Crippen LogP contribution in [-0.4, -0.2) is 18.9 Å². The summed E-state index contributed by atoms with van der Waals surface area (Å²) in [6.07, 6.45) is 0.532. The van der Waals surface area contributed by atoms with Crippen LogP contribution in [0.4, 0.5) is 5.69 Å². The van der Waals surface area contributed by atoms with Crippen molar-refractivity contribution in [1.82, 2.24) is 0 Å². The lowest BCUT2D eigenvalue weighted by Gasteiger charge is -2.22. The van der Waals surface area contributed by atoms with E-state index in [2.05, 4.69) is 39.9 Å². The first-order valence-electron chi connectivity index (χ1n) is 6.79. The highest BCUT2D eigenvalue weighted by molar-refractivity contribution is 9.10. The number of carbonyl (C=O) groups is 1. The summed E-state index contributed by atoms with van der Waals surface area (Å²) in [6, 6.07) is 17.7. The highest BCUT2D eigenvalue weighted by Crippen LogP contribution is 2.15. The molecule has 0 atom stereocenters. The Hall–Kier alpha value is -1.61. The number of para-hydroxylation sites is 1. The van der Waals surface area contributed by atoms with Gasteiger partial charge in [-0.1, -0.05) is 46.3 Å². The summed E-state index contributed by atoms with van der Waals surface area (Å²) in [6.45, 7) is 3.75. The molecule has 0 saturated heterocycles. The number of halogens is 1. The van der Waals surface area contributed by atoms with Crippen LogP contribution in [0.1, 0.15) is 23.7 Å². The van der Waals surface area contributed by atoms with Gasteiger partial charge in [0.2, 0.25) is 0 Å². The fraction of sp³-hybridized carbons (Fsp3) is 0.235. The average Bonchev–Trinajstić information content (AvgIpc) is 2.49. The molecule has 2 rings (SSSR count). The van der Waals surface area contributed by atoms with Crippen LogP contribution in [0.5, 0.6) is 0 Å². The Kier molecular flexibility index (Phi) is 5.36. The minimum Gasteiger partial charge on any atom is -0.371 e. The van der Waals surface area contributed by atoms with Crippen molar-refractivity contribution in [1.29, 1.82) is 0 Å². The predicted octanol–water partition coefficient (Wildman–Crippen LogP) is 4.55. The predicted molar refractivity (Wildman–Crippen MR) is 87.4 cm³/mol. The Labute approximate surface area is 128 Å². The van der Waals surface area contributed by atoms with E-state index in [1.165, 1.54) is 5.69 Å². The molecule has 3 heteroatoms. The minimum absolute atomic E-state index is 0.187. The summed E-state index contributed by atoms with van der Waals surface area (Å²) in [7, 11) is 0. The van der Waals surface area contributed by atoms with E-state index in [1.807, 2.05) is 42.5 Å². The molecule has 2 aromatic rings. The van der Waals surface area contributed by atoms with Crippen molar-refractivity contribution in [3.63, 3.8) is 0 Å². The molecule has 0 radical (unpaired) electrons. The molecule has 2 nitrogen and oxygen atoms in total. The molecule has 0 aliphatic rings. The van der Waals surface area contributed by atoms with Crippen molar-refractivity contribution in [3.05, 3.63) is 64.6 Å². The summed E-state index contributed by atoms with van der Waals surface area (Å²) < 4.78 is 0.994. The zero-order valence-corrected chi connectivity index (χ0v) is 13.1. The molecule has 0 spiro atoms. The maximum absolute atomic E-state index is 12.2. The van der Waals surface area contributed by atoms with E-state index in [0.717, 1.165) is 23.1 Å². The van der Waals surface area contributed by atoms with E-state index in [1.54, 1.807) is 0 Å². The molecule has 0 aromatic heterocycles. The van der Waals surface area contributed by atoms with Gasteiger partial charge >= 0.3 is 0 Å². The first-order valence-corrected chi connectivity index (χ1v) is 7.58. The Bertz CT molecular complexity index is 551. The van der Waals surface area contributed by atoms with Crippen molar-refractivity contribution in [2.24, 2.45) is 0 Å². The second-order valence-corrected chi connectivity index (χ2v) is 5.51. The summed E-state index contributed by atoms with van der Waals surface area (Å²) >= 11 is 3.38. The Morgan fingerprint density at radius 3 is 2.30 bits per heavy atom. The molecule has 104 valence electrons. The summed E-state index contributed by atoms with van der Waals surface area (Å²) in [5.41, 5.74) is 1.94. The number of benzene rings is 2. The molecule has 0 aliphatic carbocycles. The van der Waals surface area contributed by atoms with Crippen molar-refractivity contribution in [2.45, 2.75) is 13.3 Å². The van der Waals surface area contributed by atoms with Crippen LogP contribution in [0.15, 0.2) is 59.1 Å². The Morgan fingerprint density at radius 1 is 1.05 bits per heavy atom. The lowest BCUT2D eigenvalue weighted by atomic mass is 10.1. The quantitative estimate of drug-likeness (QED) is 0.724. The van der Waals surface area contributed by atoms with Gasteiger partial charge in [-0.3, -0.25) is 4.79 Å². The number of anilines is 1. The lowest BCUT2D eigenvalue weighted by Crippen LogP contribution is -2.25. The van der Waals surface area contributed by atoms with E-state index in [9.17, 15) is 4.79 Å². The van der Waals surface area contributed by atoms with Crippen LogP contribution in [-0.2, 0) is 0 Å². The molecule has 0 N–H and O–H groups in total. The van der Waals surface area contributed by atoms with Crippen LogP contribution in [0.3, 0.4) is 0 Å². The van der Waals surface area contributed by atoms with Gasteiger partial charge in [0.1, 0.15) is 0 Å². The first kappa shape index (κ1) is 14.8. The Balaban J connectivity index is 1.96. The third-order valence-corrected chi connectivity index (χ3v) is 3.81. The number of carbonyl (C=O) groups excluding carboxylic acids is 1. The van der Waals surface area contributed by atoms with Gasteiger partial charge in [-0.05, 0) is 31.2 Å². The molecule has 0 unspecified atom stereocenters. The van der Waals surface area contributed by atoms with Crippen molar-refractivity contribution in [3.8, 4) is 0 Å². The largest absolute Gasteiger partial charge is 0.371 e. The zero-order valence-electron chi connectivity index (χ0n) is 11.6. The molecule has 0 amide bonds. The molecule has 0 fully saturated rings.